The summed E-state index contributed by atoms with van der Waals surface area (Å²) in [6.07, 6.45) is 1.90. The van der Waals surface area contributed by atoms with E-state index in [4.69, 9.17) is 4.74 Å². The van der Waals surface area contributed by atoms with Crippen LogP contribution in [0.15, 0.2) is 18.3 Å². The number of pyridine rings is 2. The first-order valence-corrected chi connectivity index (χ1v) is 6.41. The van der Waals surface area contributed by atoms with Crippen molar-refractivity contribution in [1.29, 1.82) is 0 Å². The molecule has 2 heterocycles. The quantitative estimate of drug-likeness (QED) is 0.811. The molecule has 0 atom stereocenters. The number of aliphatic hydroxyl groups excluding tert-OH is 1. The Bertz CT molecular complexity index is 743. The van der Waals surface area contributed by atoms with E-state index in [9.17, 15) is 19.8 Å². The molecule has 22 heavy (non-hydrogen) atoms. The fourth-order valence-electron chi connectivity index (χ4n) is 1.90. The predicted octanol–water partition coefficient (Wildman–Crippen LogP) is 1.89. The Kier molecular flexibility index (Phi) is 4.47. The maximum absolute atomic E-state index is 11.3. The lowest BCUT2D eigenvalue weighted by molar-refractivity contribution is 0.0693. The number of aromatic carboxylic acids is 1. The van der Waals surface area contributed by atoms with Gasteiger partial charge < -0.3 is 14.9 Å². The topological polar surface area (TPSA) is 110 Å². The third kappa shape index (κ3) is 2.94. The number of carboxylic acid groups (broad SMARTS) is 1. The molecular weight excluding hydrogens is 288 g/mol. The molecule has 0 fully saturated rings. The van der Waals surface area contributed by atoms with Gasteiger partial charge in [0.25, 0.3) is 0 Å². The Labute approximate surface area is 126 Å². The number of carbonyl (C=O) groups excluding carboxylic acids is 1. The van der Waals surface area contributed by atoms with Crippen LogP contribution in [0.25, 0.3) is 0 Å². The molecule has 2 aromatic heterocycles. The van der Waals surface area contributed by atoms with Crippen molar-refractivity contribution in [3.05, 3.63) is 46.4 Å². The Morgan fingerprint density at radius 1 is 1.36 bits per heavy atom. The number of carboxylic acids is 1. The molecule has 0 saturated carbocycles. The smallest absolute Gasteiger partial charge is 0.341 e. The van der Waals surface area contributed by atoms with Gasteiger partial charge in [-0.15, -0.1) is 0 Å². The van der Waals surface area contributed by atoms with E-state index in [1.54, 1.807) is 19.9 Å². The standard InChI is InChI=1S/C15H14N2O5/c1-8-3-4-11(15(20)21)14(17-8)22-13-9(2)16-5-10(6-18)12(13)7-19/h3-5,7,18H,6H2,1-2H3,(H,20,21). The van der Waals surface area contributed by atoms with Crippen molar-refractivity contribution < 1.29 is 24.5 Å². The van der Waals surface area contributed by atoms with Crippen LogP contribution in [0.1, 0.15) is 37.7 Å². The number of rotatable bonds is 5. The molecule has 0 aromatic carbocycles. The molecule has 2 rings (SSSR count). The lowest BCUT2D eigenvalue weighted by atomic mass is 10.1. The maximum Gasteiger partial charge on any atom is 0.341 e. The zero-order valence-corrected chi connectivity index (χ0v) is 12.0. The summed E-state index contributed by atoms with van der Waals surface area (Å²) in [5, 5.41) is 18.4. The van der Waals surface area contributed by atoms with Gasteiger partial charge in [-0.3, -0.25) is 9.78 Å². The van der Waals surface area contributed by atoms with E-state index in [0.717, 1.165) is 0 Å². The van der Waals surface area contributed by atoms with E-state index < -0.39 is 5.97 Å². The highest BCUT2D eigenvalue weighted by Gasteiger charge is 2.19. The monoisotopic (exact) mass is 302 g/mol. The first kappa shape index (κ1) is 15.6. The van der Waals surface area contributed by atoms with Gasteiger partial charge in [-0.2, -0.15) is 0 Å². The number of aromatic nitrogens is 2. The molecular formula is C15H14N2O5. The zero-order valence-electron chi connectivity index (χ0n) is 12.0. The summed E-state index contributed by atoms with van der Waals surface area (Å²) >= 11 is 0. The van der Waals surface area contributed by atoms with E-state index in [2.05, 4.69) is 9.97 Å². The molecule has 2 N–H and O–H groups in total. The van der Waals surface area contributed by atoms with E-state index in [-0.39, 0.29) is 29.4 Å². The van der Waals surface area contributed by atoms with Gasteiger partial charge in [0, 0.05) is 17.5 Å². The van der Waals surface area contributed by atoms with Crippen LogP contribution in [-0.2, 0) is 6.61 Å². The molecule has 114 valence electrons. The summed E-state index contributed by atoms with van der Waals surface area (Å²) in [6, 6.07) is 2.92. The lowest BCUT2D eigenvalue weighted by Crippen LogP contribution is -2.06. The lowest BCUT2D eigenvalue weighted by Gasteiger charge is -2.13. The van der Waals surface area contributed by atoms with Gasteiger partial charge in [-0.25, -0.2) is 9.78 Å². The molecule has 0 amide bonds. The fraction of sp³-hybridized carbons (Fsp3) is 0.200. The molecule has 0 spiro atoms. The highest BCUT2D eigenvalue weighted by atomic mass is 16.5. The summed E-state index contributed by atoms with van der Waals surface area (Å²) in [6.45, 7) is 2.92. The number of ether oxygens (including phenoxy) is 1. The number of aldehydes is 1. The molecule has 0 bridgehead atoms. The molecule has 0 saturated heterocycles. The average Bonchev–Trinajstić information content (AvgIpc) is 2.48. The van der Waals surface area contributed by atoms with Crippen molar-refractivity contribution in [2.75, 3.05) is 0 Å². The van der Waals surface area contributed by atoms with Gasteiger partial charge in [0.2, 0.25) is 5.88 Å². The SMILES string of the molecule is Cc1ccc(C(=O)O)c(Oc2c(C)ncc(CO)c2C=O)n1. The van der Waals surface area contributed by atoms with E-state index in [1.807, 2.05) is 0 Å². The van der Waals surface area contributed by atoms with Crippen LogP contribution < -0.4 is 4.74 Å². The highest BCUT2D eigenvalue weighted by Crippen LogP contribution is 2.30. The van der Waals surface area contributed by atoms with Gasteiger partial charge in [0.15, 0.2) is 12.0 Å². The Balaban J connectivity index is 2.58. The number of aliphatic hydroxyl groups is 1. The second-order valence-corrected chi connectivity index (χ2v) is 4.60. The van der Waals surface area contributed by atoms with Crippen LogP contribution in [0, 0.1) is 13.8 Å². The van der Waals surface area contributed by atoms with Crippen molar-refractivity contribution in [2.45, 2.75) is 20.5 Å². The van der Waals surface area contributed by atoms with Gasteiger partial charge >= 0.3 is 5.97 Å². The summed E-state index contributed by atoms with van der Waals surface area (Å²) in [4.78, 5) is 30.6. The number of nitrogens with zero attached hydrogens (tertiary/aromatic N) is 2. The minimum absolute atomic E-state index is 0.0853. The number of carbonyl (C=O) groups is 2. The molecule has 2 aromatic rings. The highest BCUT2D eigenvalue weighted by molar-refractivity contribution is 5.90. The van der Waals surface area contributed by atoms with Crippen LogP contribution in [0.5, 0.6) is 11.6 Å². The summed E-state index contributed by atoms with van der Waals surface area (Å²) in [5.41, 5.74) is 1.24. The minimum Gasteiger partial charge on any atom is -0.477 e. The van der Waals surface area contributed by atoms with Crippen LogP contribution in [0.2, 0.25) is 0 Å². The number of aryl methyl sites for hydroxylation is 2. The van der Waals surface area contributed by atoms with Crippen LogP contribution in [0.4, 0.5) is 0 Å². The van der Waals surface area contributed by atoms with Gasteiger partial charge in [-0.05, 0) is 26.0 Å². The Morgan fingerprint density at radius 2 is 2.09 bits per heavy atom. The predicted molar refractivity (Wildman–Crippen MR) is 76.3 cm³/mol. The average molecular weight is 302 g/mol. The first-order chi connectivity index (χ1) is 10.5. The van der Waals surface area contributed by atoms with E-state index in [0.29, 0.717) is 23.2 Å². The maximum atomic E-state index is 11.3. The van der Waals surface area contributed by atoms with Crippen molar-refractivity contribution in [3.63, 3.8) is 0 Å². The van der Waals surface area contributed by atoms with E-state index in [1.165, 1.54) is 12.3 Å². The first-order valence-electron chi connectivity index (χ1n) is 6.41. The summed E-state index contributed by atoms with van der Waals surface area (Å²) in [5.74, 6) is -1.24. The normalized spacial score (nSPS) is 10.3. The molecule has 0 aliphatic heterocycles. The zero-order chi connectivity index (χ0) is 16.3. The number of hydrogen-bond donors (Lipinski definition) is 2. The Morgan fingerprint density at radius 3 is 2.68 bits per heavy atom. The molecule has 0 aliphatic carbocycles. The molecule has 7 nitrogen and oxygen atoms in total. The van der Waals surface area contributed by atoms with Gasteiger partial charge in [-0.1, -0.05) is 0 Å². The largest absolute Gasteiger partial charge is 0.477 e. The summed E-state index contributed by atoms with van der Waals surface area (Å²) < 4.78 is 5.55. The van der Waals surface area contributed by atoms with Crippen molar-refractivity contribution in [1.82, 2.24) is 9.97 Å². The van der Waals surface area contributed by atoms with Gasteiger partial charge in [0.1, 0.15) is 5.56 Å². The fourth-order valence-corrected chi connectivity index (χ4v) is 1.90. The van der Waals surface area contributed by atoms with Crippen molar-refractivity contribution >= 4 is 12.3 Å². The summed E-state index contributed by atoms with van der Waals surface area (Å²) in [7, 11) is 0. The van der Waals surface area contributed by atoms with E-state index >= 15 is 0 Å². The second-order valence-electron chi connectivity index (χ2n) is 4.60. The third-order valence-corrected chi connectivity index (χ3v) is 3.05. The molecule has 7 heteroatoms. The molecule has 0 aliphatic rings. The number of hydrogen-bond acceptors (Lipinski definition) is 6. The van der Waals surface area contributed by atoms with Crippen LogP contribution in [-0.4, -0.2) is 32.4 Å². The third-order valence-electron chi connectivity index (χ3n) is 3.05. The molecule has 0 unspecified atom stereocenters. The van der Waals surface area contributed by atoms with Crippen LogP contribution >= 0.6 is 0 Å². The van der Waals surface area contributed by atoms with Crippen molar-refractivity contribution in [3.8, 4) is 11.6 Å². The van der Waals surface area contributed by atoms with Crippen LogP contribution in [0.3, 0.4) is 0 Å². The van der Waals surface area contributed by atoms with Crippen molar-refractivity contribution in [2.24, 2.45) is 0 Å². The molecule has 0 radical (unpaired) electrons. The van der Waals surface area contributed by atoms with Gasteiger partial charge in [0.05, 0.1) is 17.9 Å². The minimum atomic E-state index is -1.20. The second kappa shape index (κ2) is 6.31. The Hall–Kier alpha value is -2.80.